The fraction of sp³-hybridized carbons (Fsp3) is 0.625. The molecule has 0 amide bonds. The molecule has 1 saturated heterocycles. The number of anilines is 1. The van der Waals surface area contributed by atoms with Crippen LogP contribution >= 0.6 is 0 Å². The standard InChI is InChI=1S/C16H26N2O/c1-12(2)14-4-6-18(7-5-14)11-13-8-15(17)10-16(9-13)19-3/h8-10,12,14H,4-7,11,17H2,1-3H3. The number of rotatable bonds is 4. The molecule has 0 unspecified atom stereocenters. The number of hydrogen-bond donors (Lipinski definition) is 1. The third-order valence-electron chi connectivity index (χ3n) is 4.21. The number of hydrogen-bond acceptors (Lipinski definition) is 3. The lowest BCUT2D eigenvalue weighted by molar-refractivity contribution is 0.152. The number of benzene rings is 1. The number of likely N-dealkylation sites (tertiary alicyclic amines) is 1. The van der Waals surface area contributed by atoms with Gasteiger partial charge in [-0.05, 0) is 55.5 Å². The maximum Gasteiger partial charge on any atom is 0.121 e. The summed E-state index contributed by atoms with van der Waals surface area (Å²) in [6.45, 7) is 8.04. The summed E-state index contributed by atoms with van der Waals surface area (Å²) in [5, 5.41) is 0. The van der Waals surface area contributed by atoms with E-state index in [-0.39, 0.29) is 0 Å². The predicted molar refractivity (Wildman–Crippen MR) is 80.2 cm³/mol. The predicted octanol–water partition coefficient (Wildman–Crippen LogP) is 3.15. The van der Waals surface area contributed by atoms with E-state index in [9.17, 15) is 0 Å². The van der Waals surface area contributed by atoms with E-state index in [1.54, 1.807) is 7.11 Å². The summed E-state index contributed by atoms with van der Waals surface area (Å²) in [6.07, 6.45) is 2.63. The Morgan fingerprint density at radius 2 is 1.95 bits per heavy atom. The van der Waals surface area contributed by atoms with Crippen LogP contribution in [0.25, 0.3) is 0 Å². The molecule has 1 aliphatic rings. The number of methoxy groups -OCH3 is 1. The topological polar surface area (TPSA) is 38.5 Å². The maximum atomic E-state index is 5.90. The normalized spacial score (nSPS) is 17.9. The molecule has 0 radical (unpaired) electrons. The fourth-order valence-corrected chi connectivity index (χ4v) is 2.93. The van der Waals surface area contributed by atoms with Crippen LogP contribution in [0.3, 0.4) is 0 Å². The summed E-state index contributed by atoms with van der Waals surface area (Å²) in [7, 11) is 1.69. The average molecular weight is 262 g/mol. The average Bonchev–Trinajstić information content (AvgIpc) is 2.38. The van der Waals surface area contributed by atoms with Crippen molar-refractivity contribution in [2.24, 2.45) is 11.8 Å². The van der Waals surface area contributed by atoms with Gasteiger partial charge in [-0.1, -0.05) is 13.8 Å². The molecule has 0 saturated carbocycles. The Hall–Kier alpha value is -1.22. The minimum Gasteiger partial charge on any atom is -0.497 e. The van der Waals surface area contributed by atoms with Crippen LogP contribution in [0.15, 0.2) is 18.2 Å². The van der Waals surface area contributed by atoms with Crippen molar-refractivity contribution in [2.75, 3.05) is 25.9 Å². The zero-order chi connectivity index (χ0) is 13.8. The largest absolute Gasteiger partial charge is 0.497 e. The maximum absolute atomic E-state index is 5.90. The molecule has 1 aromatic carbocycles. The molecule has 0 spiro atoms. The molecule has 3 heteroatoms. The van der Waals surface area contributed by atoms with Gasteiger partial charge in [0.2, 0.25) is 0 Å². The van der Waals surface area contributed by atoms with Gasteiger partial charge in [0.25, 0.3) is 0 Å². The molecule has 1 aliphatic heterocycles. The molecular formula is C16H26N2O. The number of nitrogens with two attached hydrogens (primary N) is 1. The van der Waals surface area contributed by atoms with Crippen molar-refractivity contribution >= 4 is 5.69 Å². The van der Waals surface area contributed by atoms with Crippen LogP contribution in [0, 0.1) is 11.8 Å². The van der Waals surface area contributed by atoms with Crippen molar-refractivity contribution < 1.29 is 4.74 Å². The lowest BCUT2D eigenvalue weighted by atomic mass is 9.86. The first kappa shape index (κ1) is 14.2. The first-order chi connectivity index (χ1) is 9.08. The molecule has 0 bridgehead atoms. The summed E-state index contributed by atoms with van der Waals surface area (Å²) >= 11 is 0. The highest BCUT2D eigenvalue weighted by atomic mass is 16.5. The molecule has 0 atom stereocenters. The molecule has 2 N–H and O–H groups in total. The quantitative estimate of drug-likeness (QED) is 0.847. The molecule has 1 fully saturated rings. The van der Waals surface area contributed by atoms with Crippen molar-refractivity contribution in [3.63, 3.8) is 0 Å². The molecule has 0 aromatic heterocycles. The zero-order valence-corrected chi connectivity index (χ0v) is 12.4. The van der Waals surface area contributed by atoms with Crippen LogP contribution in [0.4, 0.5) is 5.69 Å². The molecule has 2 rings (SSSR count). The number of nitrogens with zero attached hydrogens (tertiary/aromatic N) is 1. The molecule has 0 aliphatic carbocycles. The highest BCUT2D eigenvalue weighted by Gasteiger charge is 2.21. The number of nitrogen functional groups attached to an aromatic ring is 1. The van der Waals surface area contributed by atoms with E-state index in [1.807, 2.05) is 6.07 Å². The van der Waals surface area contributed by atoms with E-state index in [0.717, 1.165) is 29.8 Å². The van der Waals surface area contributed by atoms with E-state index >= 15 is 0 Å². The van der Waals surface area contributed by atoms with Crippen molar-refractivity contribution in [1.29, 1.82) is 0 Å². The van der Waals surface area contributed by atoms with Gasteiger partial charge in [0, 0.05) is 18.3 Å². The van der Waals surface area contributed by atoms with E-state index in [1.165, 1.54) is 31.5 Å². The minimum atomic E-state index is 0.784. The Morgan fingerprint density at radius 3 is 2.53 bits per heavy atom. The van der Waals surface area contributed by atoms with Gasteiger partial charge in [-0.15, -0.1) is 0 Å². The lowest BCUT2D eigenvalue weighted by Crippen LogP contribution is -2.34. The summed E-state index contributed by atoms with van der Waals surface area (Å²) in [5.41, 5.74) is 7.94. The van der Waals surface area contributed by atoms with Crippen LogP contribution in [0.1, 0.15) is 32.3 Å². The molecular weight excluding hydrogens is 236 g/mol. The lowest BCUT2D eigenvalue weighted by Gasteiger charge is -2.33. The summed E-state index contributed by atoms with van der Waals surface area (Å²) in [6, 6.07) is 6.01. The van der Waals surface area contributed by atoms with Crippen LogP contribution in [0.5, 0.6) is 5.75 Å². The van der Waals surface area contributed by atoms with Gasteiger partial charge in [0.15, 0.2) is 0 Å². The van der Waals surface area contributed by atoms with Crippen molar-refractivity contribution in [2.45, 2.75) is 33.2 Å². The summed E-state index contributed by atoms with van der Waals surface area (Å²) < 4.78 is 5.27. The van der Waals surface area contributed by atoms with Crippen LogP contribution in [-0.2, 0) is 6.54 Å². The first-order valence-corrected chi connectivity index (χ1v) is 7.24. The van der Waals surface area contributed by atoms with Gasteiger partial charge in [0.05, 0.1) is 7.11 Å². The molecule has 19 heavy (non-hydrogen) atoms. The molecule has 1 heterocycles. The summed E-state index contributed by atoms with van der Waals surface area (Å²) in [4.78, 5) is 2.52. The number of ether oxygens (including phenoxy) is 1. The second-order valence-electron chi connectivity index (χ2n) is 5.97. The highest BCUT2D eigenvalue weighted by Crippen LogP contribution is 2.26. The van der Waals surface area contributed by atoms with Gasteiger partial charge < -0.3 is 10.5 Å². The fourth-order valence-electron chi connectivity index (χ4n) is 2.93. The van der Waals surface area contributed by atoms with E-state index < -0.39 is 0 Å². The smallest absolute Gasteiger partial charge is 0.121 e. The Labute approximate surface area is 116 Å². The Bertz CT molecular complexity index is 409. The van der Waals surface area contributed by atoms with Gasteiger partial charge in [-0.25, -0.2) is 0 Å². The molecule has 106 valence electrons. The SMILES string of the molecule is COc1cc(N)cc(CN2CCC(C(C)C)CC2)c1. The van der Waals surface area contributed by atoms with Gasteiger partial charge >= 0.3 is 0 Å². The first-order valence-electron chi connectivity index (χ1n) is 7.24. The minimum absolute atomic E-state index is 0.784. The van der Waals surface area contributed by atoms with E-state index in [4.69, 9.17) is 10.5 Å². The number of piperidine rings is 1. The van der Waals surface area contributed by atoms with Crippen LogP contribution in [0.2, 0.25) is 0 Å². The van der Waals surface area contributed by atoms with Crippen LogP contribution < -0.4 is 10.5 Å². The third kappa shape index (κ3) is 3.87. The molecule has 3 nitrogen and oxygen atoms in total. The Balaban J connectivity index is 1.93. The molecule has 1 aromatic rings. The Kier molecular flexibility index (Phi) is 4.70. The zero-order valence-electron chi connectivity index (χ0n) is 12.4. The van der Waals surface area contributed by atoms with Gasteiger partial charge in [0.1, 0.15) is 5.75 Å². The second-order valence-corrected chi connectivity index (χ2v) is 5.97. The Morgan fingerprint density at radius 1 is 1.26 bits per heavy atom. The van der Waals surface area contributed by atoms with Crippen molar-refractivity contribution in [3.8, 4) is 5.75 Å². The monoisotopic (exact) mass is 262 g/mol. The summed E-state index contributed by atoms with van der Waals surface area (Å²) in [5.74, 6) is 2.56. The third-order valence-corrected chi connectivity index (χ3v) is 4.21. The van der Waals surface area contributed by atoms with E-state index in [0.29, 0.717) is 0 Å². The highest BCUT2D eigenvalue weighted by molar-refractivity contribution is 5.47. The van der Waals surface area contributed by atoms with Crippen molar-refractivity contribution in [3.05, 3.63) is 23.8 Å². The second kappa shape index (κ2) is 6.29. The van der Waals surface area contributed by atoms with Gasteiger partial charge in [-0.3, -0.25) is 4.90 Å². The van der Waals surface area contributed by atoms with Crippen molar-refractivity contribution in [1.82, 2.24) is 4.90 Å². The van der Waals surface area contributed by atoms with Gasteiger partial charge in [-0.2, -0.15) is 0 Å². The van der Waals surface area contributed by atoms with E-state index in [2.05, 4.69) is 30.9 Å². The van der Waals surface area contributed by atoms with Crippen LogP contribution in [-0.4, -0.2) is 25.1 Å².